The summed E-state index contributed by atoms with van der Waals surface area (Å²) < 4.78 is 5.65. The molecule has 1 aliphatic rings. The van der Waals surface area contributed by atoms with Crippen LogP contribution in [0.25, 0.3) is 0 Å². The lowest BCUT2D eigenvalue weighted by atomic mass is 10.1. The SMILES string of the molecule is CC(C)Cc1cnc(CCNC2CC2)o1. The van der Waals surface area contributed by atoms with Crippen LogP contribution in [0.5, 0.6) is 0 Å². The van der Waals surface area contributed by atoms with Crippen LogP contribution in [-0.4, -0.2) is 17.6 Å². The van der Waals surface area contributed by atoms with Crippen LogP contribution < -0.4 is 5.32 Å². The van der Waals surface area contributed by atoms with E-state index in [2.05, 4.69) is 24.1 Å². The molecule has 0 saturated heterocycles. The molecular weight excluding hydrogens is 188 g/mol. The maximum Gasteiger partial charge on any atom is 0.195 e. The lowest BCUT2D eigenvalue weighted by Crippen LogP contribution is -2.19. The van der Waals surface area contributed by atoms with Crippen LogP contribution in [0.4, 0.5) is 0 Å². The van der Waals surface area contributed by atoms with E-state index in [0.717, 1.165) is 37.1 Å². The smallest absolute Gasteiger partial charge is 0.195 e. The van der Waals surface area contributed by atoms with Crippen molar-refractivity contribution in [2.45, 2.75) is 45.6 Å². The summed E-state index contributed by atoms with van der Waals surface area (Å²) in [6, 6.07) is 0.773. The predicted octanol–water partition coefficient (Wildman–Crippen LogP) is 2.17. The van der Waals surface area contributed by atoms with Gasteiger partial charge in [-0.05, 0) is 18.8 Å². The Hall–Kier alpha value is -0.830. The lowest BCUT2D eigenvalue weighted by Gasteiger charge is -2.00. The van der Waals surface area contributed by atoms with Gasteiger partial charge in [-0.15, -0.1) is 0 Å². The van der Waals surface area contributed by atoms with E-state index >= 15 is 0 Å². The molecule has 2 rings (SSSR count). The largest absolute Gasteiger partial charge is 0.446 e. The fraction of sp³-hybridized carbons (Fsp3) is 0.750. The molecule has 0 atom stereocenters. The molecule has 0 unspecified atom stereocenters. The number of nitrogens with one attached hydrogen (secondary N) is 1. The number of hydrogen-bond donors (Lipinski definition) is 1. The van der Waals surface area contributed by atoms with E-state index in [1.165, 1.54) is 12.8 Å². The van der Waals surface area contributed by atoms with Gasteiger partial charge in [-0.25, -0.2) is 4.98 Å². The highest BCUT2D eigenvalue weighted by atomic mass is 16.4. The number of hydrogen-bond acceptors (Lipinski definition) is 3. The van der Waals surface area contributed by atoms with Crippen LogP contribution in [0.1, 0.15) is 38.3 Å². The van der Waals surface area contributed by atoms with Crippen molar-refractivity contribution in [3.05, 3.63) is 17.8 Å². The highest BCUT2D eigenvalue weighted by Gasteiger charge is 2.19. The van der Waals surface area contributed by atoms with Gasteiger partial charge in [0.15, 0.2) is 5.89 Å². The van der Waals surface area contributed by atoms with Crippen LogP contribution >= 0.6 is 0 Å². The van der Waals surface area contributed by atoms with Crippen molar-refractivity contribution in [2.75, 3.05) is 6.54 Å². The van der Waals surface area contributed by atoms with Crippen molar-refractivity contribution in [3.8, 4) is 0 Å². The highest BCUT2D eigenvalue weighted by molar-refractivity contribution is 4.95. The molecule has 84 valence electrons. The van der Waals surface area contributed by atoms with Gasteiger partial charge in [0, 0.05) is 25.4 Å². The Morgan fingerprint density at radius 3 is 3.00 bits per heavy atom. The quantitative estimate of drug-likeness (QED) is 0.778. The molecule has 0 aliphatic heterocycles. The minimum Gasteiger partial charge on any atom is -0.446 e. The first-order chi connectivity index (χ1) is 7.24. The average molecular weight is 208 g/mol. The average Bonchev–Trinajstić information content (AvgIpc) is 2.88. The van der Waals surface area contributed by atoms with E-state index < -0.39 is 0 Å². The molecule has 1 aromatic rings. The molecule has 0 spiro atoms. The third-order valence-corrected chi connectivity index (χ3v) is 2.56. The zero-order valence-electron chi connectivity index (χ0n) is 9.62. The normalized spacial score (nSPS) is 16.2. The van der Waals surface area contributed by atoms with Crippen molar-refractivity contribution >= 4 is 0 Å². The second-order valence-electron chi connectivity index (χ2n) is 4.80. The Morgan fingerprint density at radius 2 is 2.33 bits per heavy atom. The molecule has 1 aromatic heterocycles. The Labute approximate surface area is 91.3 Å². The molecule has 1 fully saturated rings. The standard InChI is InChI=1S/C12H20N2O/c1-9(2)7-11-8-14-12(15-11)5-6-13-10-3-4-10/h8-10,13H,3-7H2,1-2H3. The summed E-state index contributed by atoms with van der Waals surface area (Å²) in [4.78, 5) is 4.28. The number of oxazole rings is 1. The predicted molar refractivity (Wildman–Crippen MR) is 59.8 cm³/mol. The van der Waals surface area contributed by atoms with Crippen LogP contribution in [0.2, 0.25) is 0 Å². The zero-order valence-corrected chi connectivity index (χ0v) is 9.62. The summed E-state index contributed by atoms with van der Waals surface area (Å²) in [5.74, 6) is 2.53. The number of aromatic nitrogens is 1. The van der Waals surface area contributed by atoms with Gasteiger partial charge in [-0.2, -0.15) is 0 Å². The van der Waals surface area contributed by atoms with Gasteiger partial charge in [-0.3, -0.25) is 0 Å². The summed E-state index contributed by atoms with van der Waals surface area (Å²) in [5, 5.41) is 3.46. The van der Waals surface area contributed by atoms with E-state index in [-0.39, 0.29) is 0 Å². The fourth-order valence-corrected chi connectivity index (χ4v) is 1.63. The third-order valence-electron chi connectivity index (χ3n) is 2.56. The molecular formula is C12H20N2O. The number of nitrogens with zero attached hydrogens (tertiary/aromatic N) is 1. The molecule has 0 radical (unpaired) electrons. The summed E-state index contributed by atoms with van der Waals surface area (Å²) in [6.45, 7) is 5.37. The maximum atomic E-state index is 5.65. The first-order valence-electron chi connectivity index (χ1n) is 5.91. The highest BCUT2D eigenvalue weighted by Crippen LogP contribution is 2.18. The molecule has 15 heavy (non-hydrogen) atoms. The second kappa shape index (κ2) is 4.79. The van der Waals surface area contributed by atoms with Crippen LogP contribution in [-0.2, 0) is 12.8 Å². The van der Waals surface area contributed by atoms with Crippen LogP contribution in [0, 0.1) is 5.92 Å². The van der Waals surface area contributed by atoms with E-state index in [0.29, 0.717) is 5.92 Å². The van der Waals surface area contributed by atoms with E-state index in [1.54, 1.807) is 0 Å². The number of rotatable bonds is 6. The second-order valence-corrected chi connectivity index (χ2v) is 4.80. The molecule has 1 heterocycles. The fourth-order valence-electron chi connectivity index (χ4n) is 1.63. The summed E-state index contributed by atoms with van der Waals surface area (Å²) in [5.41, 5.74) is 0. The van der Waals surface area contributed by atoms with E-state index in [9.17, 15) is 0 Å². The van der Waals surface area contributed by atoms with Crippen LogP contribution in [0.3, 0.4) is 0 Å². The van der Waals surface area contributed by atoms with Gasteiger partial charge in [0.05, 0.1) is 6.20 Å². The van der Waals surface area contributed by atoms with Gasteiger partial charge >= 0.3 is 0 Å². The minimum absolute atomic E-state index is 0.635. The van der Waals surface area contributed by atoms with Gasteiger partial charge in [-0.1, -0.05) is 13.8 Å². The molecule has 3 nitrogen and oxygen atoms in total. The van der Waals surface area contributed by atoms with E-state index in [1.807, 2.05) is 6.20 Å². The molecule has 1 saturated carbocycles. The van der Waals surface area contributed by atoms with Crippen molar-refractivity contribution in [3.63, 3.8) is 0 Å². The van der Waals surface area contributed by atoms with Gasteiger partial charge in [0.25, 0.3) is 0 Å². The minimum atomic E-state index is 0.635. The first kappa shape index (κ1) is 10.7. The first-order valence-corrected chi connectivity index (χ1v) is 5.91. The van der Waals surface area contributed by atoms with Gasteiger partial charge < -0.3 is 9.73 Å². The molecule has 0 amide bonds. The summed E-state index contributed by atoms with van der Waals surface area (Å²) in [7, 11) is 0. The molecule has 1 aliphatic carbocycles. The lowest BCUT2D eigenvalue weighted by molar-refractivity contribution is 0.427. The van der Waals surface area contributed by atoms with E-state index in [4.69, 9.17) is 4.42 Å². The Morgan fingerprint density at radius 1 is 1.53 bits per heavy atom. The van der Waals surface area contributed by atoms with Crippen molar-refractivity contribution in [1.29, 1.82) is 0 Å². The maximum absolute atomic E-state index is 5.65. The molecule has 3 heteroatoms. The van der Waals surface area contributed by atoms with Crippen molar-refractivity contribution in [1.82, 2.24) is 10.3 Å². The Bertz CT molecular complexity index is 302. The van der Waals surface area contributed by atoms with Gasteiger partial charge in [0.1, 0.15) is 5.76 Å². The monoisotopic (exact) mass is 208 g/mol. The molecule has 1 N–H and O–H groups in total. The molecule has 0 bridgehead atoms. The topological polar surface area (TPSA) is 38.1 Å². The van der Waals surface area contributed by atoms with Gasteiger partial charge in [0.2, 0.25) is 0 Å². The summed E-state index contributed by atoms with van der Waals surface area (Å²) in [6.07, 6.45) is 6.44. The molecule has 0 aromatic carbocycles. The third kappa shape index (κ3) is 3.67. The Kier molecular flexibility index (Phi) is 3.41. The zero-order chi connectivity index (χ0) is 10.7. The van der Waals surface area contributed by atoms with Crippen molar-refractivity contribution < 1.29 is 4.42 Å². The van der Waals surface area contributed by atoms with Crippen LogP contribution in [0.15, 0.2) is 10.6 Å². The summed E-state index contributed by atoms with van der Waals surface area (Å²) >= 11 is 0. The van der Waals surface area contributed by atoms with Crippen molar-refractivity contribution in [2.24, 2.45) is 5.92 Å². The Balaban J connectivity index is 1.73.